The number of hydrogen-bond donors (Lipinski definition) is 2. The monoisotopic (exact) mass is 444 g/mol. The number of aromatic nitrogens is 3. The summed E-state index contributed by atoms with van der Waals surface area (Å²) in [5.74, 6) is 2.29. The molecule has 8 nitrogen and oxygen atoms in total. The van der Waals surface area contributed by atoms with Crippen molar-refractivity contribution in [3.63, 3.8) is 0 Å². The van der Waals surface area contributed by atoms with Crippen LogP contribution in [0.4, 0.5) is 23.0 Å². The van der Waals surface area contributed by atoms with E-state index in [1.807, 2.05) is 63.4 Å². The number of aryl methyl sites for hydroxylation is 1. The molecule has 1 saturated heterocycles. The van der Waals surface area contributed by atoms with Gasteiger partial charge in [0.05, 0.1) is 23.4 Å². The third kappa shape index (κ3) is 4.08. The fraction of sp³-hybridized carbons (Fsp3) is 0.360. The summed E-state index contributed by atoms with van der Waals surface area (Å²) >= 11 is 0. The minimum absolute atomic E-state index is 0.0665. The molecule has 2 N–H and O–H groups in total. The van der Waals surface area contributed by atoms with Gasteiger partial charge in [-0.3, -0.25) is 4.79 Å². The molecule has 1 fully saturated rings. The minimum atomic E-state index is -0.476. The largest absolute Gasteiger partial charge is 0.475 e. The van der Waals surface area contributed by atoms with Crippen LogP contribution in [0.25, 0.3) is 0 Å². The molecule has 8 heteroatoms. The molecule has 0 unspecified atom stereocenters. The summed E-state index contributed by atoms with van der Waals surface area (Å²) in [6, 6.07) is 11.8. The van der Waals surface area contributed by atoms with Crippen LogP contribution < -0.4 is 20.3 Å². The first kappa shape index (κ1) is 21.2. The molecule has 1 spiro atoms. The zero-order valence-corrected chi connectivity index (χ0v) is 19.1. The molecule has 0 bridgehead atoms. The Hall–Kier alpha value is -3.68. The summed E-state index contributed by atoms with van der Waals surface area (Å²) in [4.78, 5) is 28.4. The van der Waals surface area contributed by atoms with Crippen LogP contribution in [0.3, 0.4) is 0 Å². The van der Waals surface area contributed by atoms with E-state index >= 15 is 0 Å². The number of anilines is 4. The van der Waals surface area contributed by atoms with Crippen LogP contribution in [-0.4, -0.2) is 40.1 Å². The second-order valence-electron chi connectivity index (χ2n) is 8.95. The molecule has 0 aliphatic carbocycles. The zero-order chi connectivity index (χ0) is 23.0. The van der Waals surface area contributed by atoms with Crippen molar-refractivity contribution in [1.82, 2.24) is 15.0 Å². The number of nitrogens with one attached hydrogen (secondary N) is 2. The molecule has 2 aliphatic heterocycles. The number of carbonyl (C=O) groups excluding carboxylic acids is 1. The lowest BCUT2D eigenvalue weighted by Gasteiger charge is -2.38. The topological polar surface area (TPSA) is 92.3 Å². The van der Waals surface area contributed by atoms with E-state index in [1.54, 1.807) is 6.20 Å². The quantitative estimate of drug-likeness (QED) is 0.609. The Bertz CT molecular complexity index is 1170. The van der Waals surface area contributed by atoms with E-state index in [2.05, 4.69) is 30.5 Å². The Morgan fingerprint density at radius 1 is 1.12 bits per heavy atom. The van der Waals surface area contributed by atoms with E-state index in [4.69, 9.17) is 4.74 Å². The highest BCUT2D eigenvalue weighted by molar-refractivity contribution is 6.05. The van der Waals surface area contributed by atoms with Gasteiger partial charge in [-0.05, 0) is 57.9 Å². The van der Waals surface area contributed by atoms with Crippen molar-refractivity contribution in [1.29, 1.82) is 0 Å². The Morgan fingerprint density at radius 3 is 2.67 bits per heavy atom. The second-order valence-corrected chi connectivity index (χ2v) is 8.95. The summed E-state index contributed by atoms with van der Waals surface area (Å²) in [6.07, 6.45) is 5.11. The molecular weight excluding hydrogens is 416 g/mol. The van der Waals surface area contributed by atoms with Crippen molar-refractivity contribution >= 4 is 28.9 Å². The number of pyridine rings is 3. The predicted octanol–water partition coefficient (Wildman–Crippen LogP) is 4.20. The smallest absolute Gasteiger partial charge is 0.236 e. The molecule has 170 valence electrons. The average Bonchev–Trinajstić information content (AvgIpc) is 3.05. The van der Waals surface area contributed by atoms with Crippen molar-refractivity contribution in [2.24, 2.45) is 0 Å². The fourth-order valence-electron chi connectivity index (χ4n) is 4.68. The molecule has 5 heterocycles. The van der Waals surface area contributed by atoms with E-state index < -0.39 is 5.41 Å². The lowest BCUT2D eigenvalue weighted by molar-refractivity contribution is -0.121. The van der Waals surface area contributed by atoms with Crippen molar-refractivity contribution in [3.05, 3.63) is 60.0 Å². The Balaban J connectivity index is 1.26. The summed E-state index contributed by atoms with van der Waals surface area (Å²) in [5, 5.41) is 6.34. The lowest BCUT2D eigenvalue weighted by Crippen LogP contribution is -2.46. The van der Waals surface area contributed by atoms with Crippen molar-refractivity contribution in [3.8, 4) is 5.88 Å². The van der Waals surface area contributed by atoms with Crippen molar-refractivity contribution in [2.75, 3.05) is 28.6 Å². The number of hydrogen-bond acceptors (Lipinski definition) is 7. The summed E-state index contributed by atoms with van der Waals surface area (Å²) in [7, 11) is 0. The molecule has 5 rings (SSSR count). The van der Waals surface area contributed by atoms with Gasteiger partial charge in [-0.15, -0.1) is 0 Å². The number of fused-ring (bicyclic) bond motifs is 2. The van der Waals surface area contributed by atoms with Gasteiger partial charge in [0.15, 0.2) is 0 Å². The van der Waals surface area contributed by atoms with Crippen LogP contribution in [0.15, 0.2) is 48.8 Å². The lowest BCUT2D eigenvalue weighted by atomic mass is 9.74. The number of carbonyl (C=O) groups is 1. The van der Waals surface area contributed by atoms with E-state index in [9.17, 15) is 4.79 Å². The summed E-state index contributed by atoms with van der Waals surface area (Å²) < 4.78 is 5.74. The van der Waals surface area contributed by atoms with Gasteiger partial charge in [0.1, 0.15) is 11.6 Å². The van der Waals surface area contributed by atoms with Gasteiger partial charge in [-0.2, -0.15) is 0 Å². The average molecular weight is 445 g/mol. The van der Waals surface area contributed by atoms with Crippen molar-refractivity contribution < 1.29 is 9.53 Å². The maximum atomic E-state index is 12.8. The van der Waals surface area contributed by atoms with Gasteiger partial charge in [-0.1, -0.05) is 6.07 Å². The normalized spacial score (nSPS) is 16.6. The summed E-state index contributed by atoms with van der Waals surface area (Å²) in [5.41, 5.74) is 3.23. The molecule has 0 saturated carbocycles. The molecule has 3 aromatic rings. The van der Waals surface area contributed by atoms with Crippen LogP contribution in [0.5, 0.6) is 5.88 Å². The van der Waals surface area contributed by atoms with E-state index in [0.29, 0.717) is 11.7 Å². The van der Waals surface area contributed by atoms with E-state index in [1.165, 1.54) is 0 Å². The van der Waals surface area contributed by atoms with Crippen LogP contribution in [0, 0.1) is 6.92 Å². The first-order chi connectivity index (χ1) is 15.9. The van der Waals surface area contributed by atoms with Crippen LogP contribution >= 0.6 is 0 Å². The maximum absolute atomic E-state index is 12.8. The Labute approximate surface area is 193 Å². The SMILES string of the molecule is Cc1cc(Nc2ccc(N3CCC4(CC3)C(=O)Nc3ncccc34)nc2)cc(OC(C)C)n1. The molecule has 0 radical (unpaired) electrons. The molecule has 3 aromatic heterocycles. The van der Waals surface area contributed by atoms with Crippen molar-refractivity contribution in [2.45, 2.75) is 45.1 Å². The van der Waals surface area contributed by atoms with E-state index in [-0.39, 0.29) is 12.0 Å². The molecule has 33 heavy (non-hydrogen) atoms. The molecule has 0 atom stereocenters. The fourth-order valence-corrected chi connectivity index (χ4v) is 4.68. The molecule has 2 aliphatic rings. The molecular formula is C25H28N6O2. The highest BCUT2D eigenvalue weighted by atomic mass is 16.5. The Kier molecular flexibility index (Phi) is 5.36. The number of piperidine rings is 1. The third-order valence-corrected chi connectivity index (χ3v) is 6.25. The summed E-state index contributed by atoms with van der Waals surface area (Å²) in [6.45, 7) is 7.44. The number of amides is 1. The van der Waals surface area contributed by atoms with Crippen LogP contribution in [0.2, 0.25) is 0 Å². The second kappa shape index (κ2) is 8.35. The predicted molar refractivity (Wildman–Crippen MR) is 128 cm³/mol. The highest BCUT2D eigenvalue weighted by Gasteiger charge is 2.49. The van der Waals surface area contributed by atoms with Crippen LogP contribution in [0.1, 0.15) is 37.9 Å². The zero-order valence-electron chi connectivity index (χ0n) is 19.1. The molecule has 0 aromatic carbocycles. The van der Waals surface area contributed by atoms with Gasteiger partial charge >= 0.3 is 0 Å². The third-order valence-electron chi connectivity index (χ3n) is 6.25. The number of ether oxygens (including phenoxy) is 1. The first-order valence-corrected chi connectivity index (χ1v) is 11.3. The standard InChI is InChI=1S/C25H28N6O2/c1-16(2)33-22-14-19(13-17(3)28-22)29-18-6-7-21(27-15-18)31-11-8-25(9-12-31)20-5-4-10-26-23(20)30-24(25)32/h4-7,10,13-16H,8-9,11-12H2,1-3H3,(H,28,29)(H,26,30,32). The number of rotatable bonds is 5. The van der Waals surface area contributed by atoms with E-state index in [0.717, 1.165) is 54.4 Å². The Morgan fingerprint density at radius 2 is 1.94 bits per heavy atom. The van der Waals surface area contributed by atoms with Gasteiger partial charge in [0, 0.05) is 42.3 Å². The molecule has 1 amide bonds. The first-order valence-electron chi connectivity index (χ1n) is 11.3. The highest BCUT2D eigenvalue weighted by Crippen LogP contribution is 2.44. The maximum Gasteiger partial charge on any atom is 0.236 e. The van der Waals surface area contributed by atoms with Gasteiger partial charge in [0.2, 0.25) is 11.8 Å². The van der Waals surface area contributed by atoms with Crippen LogP contribution in [-0.2, 0) is 10.2 Å². The van der Waals surface area contributed by atoms with Gasteiger partial charge < -0.3 is 20.3 Å². The minimum Gasteiger partial charge on any atom is -0.475 e. The van der Waals surface area contributed by atoms with Gasteiger partial charge in [-0.25, -0.2) is 15.0 Å². The van der Waals surface area contributed by atoms with Gasteiger partial charge in [0.25, 0.3) is 0 Å². The number of nitrogens with zero attached hydrogens (tertiary/aromatic N) is 4.